The molecule has 2 N–H and O–H groups in total. The van der Waals surface area contributed by atoms with E-state index in [0.29, 0.717) is 6.42 Å². The second-order valence-corrected chi connectivity index (χ2v) is 7.34. The van der Waals surface area contributed by atoms with Crippen molar-refractivity contribution in [2.24, 2.45) is 7.05 Å². The molecule has 0 aliphatic carbocycles. The number of anilines is 1. The van der Waals surface area contributed by atoms with Crippen molar-refractivity contribution in [2.45, 2.75) is 58.8 Å². The minimum absolute atomic E-state index is 0.0198. The van der Waals surface area contributed by atoms with Crippen LogP contribution in [0.15, 0.2) is 0 Å². The Morgan fingerprint density at radius 1 is 1.35 bits per heavy atom. The number of nitrogens with zero attached hydrogens (tertiary/aromatic N) is 3. The lowest BCUT2D eigenvalue weighted by atomic mass is 9.81. The van der Waals surface area contributed by atoms with E-state index in [-0.39, 0.29) is 17.2 Å². The lowest BCUT2D eigenvalue weighted by molar-refractivity contribution is -0.116. The molecule has 0 radical (unpaired) electrons. The fourth-order valence-corrected chi connectivity index (χ4v) is 3.32. The molecule has 1 atom stereocenters. The van der Waals surface area contributed by atoms with Crippen LogP contribution in [0, 0.1) is 6.92 Å². The van der Waals surface area contributed by atoms with E-state index in [9.17, 15) is 4.79 Å². The van der Waals surface area contributed by atoms with Gasteiger partial charge in [0, 0.05) is 42.5 Å². The van der Waals surface area contributed by atoms with Gasteiger partial charge in [-0.25, -0.2) is 4.98 Å². The van der Waals surface area contributed by atoms with E-state index in [1.165, 1.54) is 0 Å². The highest BCUT2D eigenvalue weighted by molar-refractivity contribution is 5.94. The number of carbonyl (C=O) groups is 1. The molecule has 23 heavy (non-hydrogen) atoms. The molecular weight excluding hydrogens is 290 g/mol. The molecule has 1 amide bonds. The highest BCUT2D eigenvalue weighted by atomic mass is 16.1. The van der Waals surface area contributed by atoms with Crippen LogP contribution >= 0.6 is 0 Å². The molecule has 0 saturated heterocycles. The van der Waals surface area contributed by atoms with E-state index in [0.717, 1.165) is 40.7 Å². The number of carbonyl (C=O) groups excluding carboxylic acids is 1. The van der Waals surface area contributed by atoms with Gasteiger partial charge in [0.2, 0.25) is 5.91 Å². The molecule has 1 aliphatic heterocycles. The molecule has 1 aliphatic rings. The van der Waals surface area contributed by atoms with Gasteiger partial charge in [0.05, 0.1) is 11.4 Å². The minimum Gasteiger partial charge on any atom is -0.346 e. The van der Waals surface area contributed by atoms with Gasteiger partial charge in [-0.3, -0.25) is 9.48 Å². The number of imidazole rings is 1. The van der Waals surface area contributed by atoms with Crippen molar-refractivity contribution in [3.63, 3.8) is 0 Å². The number of aromatic nitrogens is 4. The quantitative estimate of drug-likeness (QED) is 0.894. The summed E-state index contributed by atoms with van der Waals surface area (Å²) in [4.78, 5) is 20.3. The van der Waals surface area contributed by atoms with Gasteiger partial charge in [-0.2, -0.15) is 5.10 Å². The van der Waals surface area contributed by atoms with Crippen molar-refractivity contribution < 1.29 is 4.79 Å². The summed E-state index contributed by atoms with van der Waals surface area (Å²) in [5.41, 5.74) is 4.05. The predicted octanol–water partition coefficient (Wildman–Crippen LogP) is 2.79. The van der Waals surface area contributed by atoms with Crippen LogP contribution in [0.25, 0.3) is 0 Å². The first-order chi connectivity index (χ1) is 10.7. The van der Waals surface area contributed by atoms with Crippen molar-refractivity contribution >= 4 is 11.7 Å². The highest BCUT2D eigenvalue weighted by Crippen LogP contribution is 2.42. The Bertz CT molecular complexity index is 763. The molecule has 0 spiro atoms. The number of aryl methyl sites for hydroxylation is 3. The van der Waals surface area contributed by atoms with Crippen LogP contribution in [0.1, 0.15) is 68.5 Å². The fourth-order valence-electron chi connectivity index (χ4n) is 3.32. The maximum atomic E-state index is 12.2. The van der Waals surface area contributed by atoms with Gasteiger partial charge in [-0.15, -0.1) is 0 Å². The average molecular weight is 315 g/mol. The highest BCUT2D eigenvalue weighted by Gasteiger charge is 2.38. The minimum atomic E-state index is -0.0938. The van der Waals surface area contributed by atoms with Gasteiger partial charge in [0.25, 0.3) is 0 Å². The average Bonchev–Trinajstić information content (AvgIpc) is 2.99. The second-order valence-electron chi connectivity index (χ2n) is 7.34. The van der Waals surface area contributed by atoms with Gasteiger partial charge >= 0.3 is 0 Å². The summed E-state index contributed by atoms with van der Waals surface area (Å²) in [5.74, 6) is 1.74. The molecule has 3 rings (SSSR count). The topological polar surface area (TPSA) is 75.6 Å². The number of hydrogen-bond donors (Lipinski definition) is 2. The van der Waals surface area contributed by atoms with Crippen LogP contribution in [0.4, 0.5) is 5.82 Å². The van der Waals surface area contributed by atoms with Crippen LogP contribution in [-0.4, -0.2) is 25.7 Å². The van der Waals surface area contributed by atoms with Crippen molar-refractivity contribution in [3.8, 4) is 0 Å². The fraction of sp³-hybridized carbons (Fsp3) is 0.588. The Hall–Kier alpha value is -2.11. The van der Waals surface area contributed by atoms with Gasteiger partial charge in [-0.05, 0) is 6.92 Å². The zero-order valence-electron chi connectivity index (χ0n) is 14.7. The van der Waals surface area contributed by atoms with E-state index < -0.39 is 0 Å². The van der Waals surface area contributed by atoms with Gasteiger partial charge in [-0.1, -0.05) is 27.7 Å². The van der Waals surface area contributed by atoms with Crippen LogP contribution < -0.4 is 5.32 Å². The van der Waals surface area contributed by atoms with Gasteiger partial charge in [0.15, 0.2) is 0 Å². The monoisotopic (exact) mass is 315 g/mol. The lowest BCUT2D eigenvalue weighted by Crippen LogP contribution is -2.26. The van der Waals surface area contributed by atoms with Crippen LogP contribution in [0.3, 0.4) is 0 Å². The SMILES string of the molecule is CCc1nc([C@H]2CC(=O)Nc3c2c(C(C)(C)C)nn3C)c(C)[nH]1. The molecule has 0 fully saturated rings. The number of amides is 1. The molecule has 6 heteroatoms. The largest absolute Gasteiger partial charge is 0.346 e. The maximum Gasteiger partial charge on any atom is 0.226 e. The first kappa shape index (κ1) is 15.8. The van der Waals surface area contributed by atoms with Crippen LogP contribution in [0.2, 0.25) is 0 Å². The number of nitrogens with one attached hydrogen (secondary N) is 2. The Balaban J connectivity index is 2.21. The third-order valence-corrected chi connectivity index (χ3v) is 4.43. The molecule has 124 valence electrons. The standard InChI is InChI=1S/C17H25N5O/c1-7-11-18-9(2)14(19-11)10-8-12(23)20-16-13(10)15(17(3,4)5)21-22(16)6/h10H,7-8H2,1-6H3,(H,18,19)(H,20,23)/t10-/m0/s1. The first-order valence-electron chi connectivity index (χ1n) is 8.15. The van der Waals surface area contributed by atoms with Crippen molar-refractivity contribution in [1.82, 2.24) is 19.7 Å². The van der Waals surface area contributed by atoms with Crippen molar-refractivity contribution in [3.05, 3.63) is 28.5 Å². The van der Waals surface area contributed by atoms with Crippen molar-refractivity contribution in [1.29, 1.82) is 0 Å². The Morgan fingerprint density at radius 2 is 2.04 bits per heavy atom. The van der Waals surface area contributed by atoms with Crippen molar-refractivity contribution in [2.75, 3.05) is 5.32 Å². The van der Waals surface area contributed by atoms with Crippen LogP contribution in [0.5, 0.6) is 0 Å². The van der Waals surface area contributed by atoms with Crippen LogP contribution in [-0.2, 0) is 23.7 Å². The summed E-state index contributed by atoms with van der Waals surface area (Å²) in [5, 5.41) is 7.68. The summed E-state index contributed by atoms with van der Waals surface area (Å²) in [6, 6.07) is 0. The number of aromatic amines is 1. The number of fused-ring (bicyclic) bond motifs is 1. The summed E-state index contributed by atoms with van der Waals surface area (Å²) in [6.45, 7) is 10.6. The summed E-state index contributed by atoms with van der Waals surface area (Å²) in [6.07, 6.45) is 1.27. The molecule has 3 heterocycles. The lowest BCUT2D eigenvalue weighted by Gasteiger charge is -2.26. The third-order valence-electron chi connectivity index (χ3n) is 4.43. The zero-order chi connectivity index (χ0) is 16.9. The number of rotatable bonds is 2. The van der Waals surface area contributed by atoms with E-state index in [2.05, 4.69) is 38.0 Å². The molecule has 0 unspecified atom stereocenters. The smallest absolute Gasteiger partial charge is 0.226 e. The van der Waals surface area contributed by atoms with E-state index in [1.807, 2.05) is 14.0 Å². The number of hydrogen-bond acceptors (Lipinski definition) is 3. The zero-order valence-corrected chi connectivity index (χ0v) is 14.7. The molecular formula is C17H25N5O. The van der Waals surface area contributed by atoms with E-state index in [1.54, 1.807) is 4.68 Å². The Labute approximate surface area is 136 Å². The maximum absolute atomic E-state index is 12.2. The molecule has 6 nitrogen and oxygen atoms in total. The molecule has 0 aromatic carbocycles. The molecule has 0 saturated carbocycles. The Morgan fingerprint density at radius 3 is 2.61 bits per heavy atom. The molecule has 2 aromatic heterocycles. The second kappa shape index (κ2) is 5.22. The predicted molar refractivity (Wildman–Crippen MR) is 89.7 cm³/mol. The summed E-state index contributed by atoms with van der Waals surface area (Å²) in [7, 11) is 1.88. The van der Waals surface area contributed by atoms with Gasteiger partial charge < -0.3 is 10.3 Å². The Kier molecular flexibility index (Phi) is 3.58. The molecule has 2 aromatic rings. The van der Waals surface area contributed by atoms with Gasteiger partial charge in [0.1, 0.15) is 11.6 Å². The van der Waals surface area contributed by atoms with E-state index in [4.69, 9.17) is 10.1 Å². The third kappa shape index (κ3) is 2.56. The molecule has 0 bridgehead atoms. The van der Waals surface area contributed by atoms with E-state index >= 15 is 0 Å². The normalized spacial score (nSPS) is 18.0. The first-order valence-corrected chi connectivity index (χ1v) is 8.15. The summed E-state index contributed by atoms with van der Waals surface area (Å²) >= 11 is 0. The number of H-pyrrole nitrogens is 1. The summed E-state index contributed by atoms with van der Waals surface area (Å²) < 4.78 is 1.78.